The molecule has 0 heterocycles. The van der Waals surface area contributed by atoms with Crippen LogP contribution in [0.1, 0.15) is 32.3 Å². The van der Waals surface area contributed by atoms with Gasteiger partial charge in [-0.25, -0.2) is 0 Å². The van der Waals surface area contributed by atoms with Gasteiger partial charge in [-0.15, -0.1) is 0 Å². The van der Waals surface area contributed by atoms with Crippen molar-refractivity contribution < 1.29 is 0 Å². The largest absolute Gasteiger partial charge is 0.371 e. The van der Waals surface area contributed by atoms with E-state index in [9.17, 15) is 0 Å². The molecule has 16 heavy (non-hydrogen) atoms. The van der Waals surface area contributed by atoms with Crippen molar-refractivity contribution in [3.63, 3.8) is 0 Å². The zero-order chi connectivity index (χ0) is 12.0. The lowest BCUT2D eigenvalue weighted by Crippen LogP contribution is -2.26. The summed E-state index contributed by atoms with van der Waals surface area (Å²) in [4.78, 5) is 2.37. The number of anilines is 1. The van der Waals surface area contributed by atoms with Crippen LogP contribution in [0.4, 0.5) is 5.69 Å². The van der Waals surface area contributed by atoms with Crippen molar-refractivity contribution in [1.29, 1.82) is 0 Å². The van der Waals surface area contributed by atoms with Crippen molar-refractivity contribution in [1.82, 2.24) is 0 Å². The first-order valence-electron chi connectivity index (χ1n) is 5.96. The molecule has 0 aliphatic carbocycles. The summed E-state index contributed by atoms with van der Waals surface area (Å²) in [6.07, 6.45) is 2.27. The van der Waals surface area contributed by atoms with E-state index in [1.54, 1.807) is 0 Å². The number of hydrogen-bond acceptors (Lipinski definition) is 2. The van der Waals surface area contributed by atoms with Crippen LogP contribution in [0.25, 0.3) is 0 Å². The first-order valence-corrected chi connectivity index (χ1v) is 6.34. The molecule has 1 aromatic rings. The zero-order valence-electron chi connectivity index (χ0n) is 10.2. The van der Waals surface area contributed by atoms with Gasteiger partial charge in [0, 0.05) is 30.3 Å². The molecule has 0 saturated carbocycles. The quantitative estimate of drug-likeness (QED) is 0.826. The van der Waals surface area contributed by atoms with Gasteiger partial charge in [-0.1, -0.05) is 31.5 Å². The van der Waals surface area contributed by atoms with E-state index in [2.05, 4.69) is 18.7 Å². The van der Waals surface area contributed by atoms with Crippen LogP contribution < -0.4 is 10.6 Å². The number of nitrogens with zero attached hydrogens (tertiary/aromatic N) is 1. The fourth-order valence-corrected chi connectivity index (χ4v) is 2.06. The summed E-state index contributed by atoms with van der Waals surface area (Å²) in [5, 5.41) is 0.782. The molecule has 1 rings (SSSR count). The smallest absolute Gasteiger partial charge is 0.0426 e. The fraction of sp³-hybridized carbons (Fsp3) is 0.538. The third-order valence-electron chi connectivity index (χ3n) is 2.59. The second-order valence-corrected chi connectivity index (χ2v) is 4.40. The van der Waals surface area contributed by atoms with Crippen LogP contribution in [0.2, 0.25) is 5.02 Å². The molecular formula is C13H21ClN2. The van der Waals surface area contributed by atoms with E-state index in [0.717, 1.165) is 31.0 Å². The van der Waals surface area contributed by atoms with Crippen molar-refractivity contribution in [2.45, 2.75) is 33.2 Å². The van der Waals surface area contributed by atoms with Crippen molar-refractivity contribution in [3.8, 4) is 0 Å². The Balaban J connectivity index is 3.00. The van der Waals surface area contributed by atoms with E-state index in [4.69, 9.17) is 17.3 Å². The molecule has 0 aliphatic rings. The molecule has 0 atom stereocenters. The second kappa shape index (κ2) is 6.77. The van der Waals surface area contributed by atoms with Crippen LogP contribution in [0.3, 0.4) is 0 Å². The summed E-state index contributed by atoms with van der Waals surface area (Å²) in [6, 6.07) is 5.95. The lowest BCUT2D eigenvalue weighted by Gasteiger charge is -2.26. The SMILES string of the molecule is CCCN(CCC)c1cc(Cl)ccc1CN. The lowest BCUT2D eigenvalue weighted by atomic mass is 10.1. The number of rotatable bonds is 6. The summed E-state index contributed by atoms with van der Waals surface area (Å²) in [5.41, 5.74) is 8.13. The van der Waals surface area contributed by atoms with Gasteiger partial charge in [-0.2, -0.15) is 0 Å². The van der Waals surface area contributed by atoms with Gasteiger partial charge in [0.2, 0.25) is 0 Å². The molecule has 0 fully saturated rings. The van der Waals surface area contributed by atoms with E-state index in [1.165, 1.54) is 11.3 Å². The Morgan fingerprint density at radius 3 is 2.31 bits per heavy atom. The van der Waals surface area contributed by atoms with Gasteiger partial charge in [0.25, 0.3) is 0 Å². The molecule has 0 bridgehead atoms. The molecule has 1 aromatic carbocycles. The maximum absolute atomic E-state index is 6.05. The van der Waals surface area contributed by atoms with Crippen molar-refractivity contribution in [2.24, 2.45) is 5.73 Å². The zero-order valence-corrected chi connectivity index (χ0v) is 10.9. The van der Waals surface area contributed by atoms with E-state index >= 15 is 0 Å². The molecule has 3 heteroatoms. The average molecular weight is 241 g/mol. The highest BCUT2D eigenvalue weighted by Gasteiger charge is 2.09. The molecule has 0 spiro atoms. The van der Waals surface area contributed by atoms with E-state index in [0.29, 0.717) is 6.54 Å². The lowest BCUT2D eigenvalue weighted by molar-refractivity contribution is 0.740. The summed E-state index contributed by atoms with van der Waals surface area (Å²) < 4.78 is 0. The van der Waals surface area contributed by atoms with Gasteiger partial charge in [0.05, 0.1) is 0 Å². The fourth-order valence-electron chi connectivity index (χ4n) is 1.90. The average Bonchev–Trinajstić information content (AvgIpc) is 2.29. The molecule has 2 N–H and O–H groups in total. The van der Waals surface area contributed by atoms with Gasteiger partial charge in [-0.3, -0.25) is 0 Å². The molecule has 0 amide bonds. The van der Waals surface area contributed by atoms with Crippen LogP contribution in [0.5, 0.6) is 0 Å². The van der Waals surface area contributed by atoms with Crippen LogP contribution in [-0.2, 0) is 6.54 Å². The number of hydrogen-bond donors (Lipinski definition) is 1. The molecule has 0 saturated heterocycles. The Labute approximate surface area is 103 Å². The Kier molecular flexibility index (Phi) is 5.64. The Morgan fingerprint density at radius 1 is 1.19 bits per heavy atom. The number of nitrogens with two attached hydrogens (primary N) is 1. The summed E-state index contributed by atoms with van der Waals surface area (Å²) in [6.45, 7) is 7.06. The normalized spacial score (nSPS) is 10.5. The van der Waals surface area contributed by atoms with Crippen molar-refractivity contribution in [3.05, 3.63) is 28.8 Å². The van der Waals surface area contributed by atoms with Crippen molar-refractivity contribution >= 4 is 17.3 Å². The predicted octanol–water partition coefficient (Wildman–Crippen LogP) is 3.43. The molecule has 90 valence electrons. The topological polar surface area (TPSA) is 29.3 Å². The summed E-state index contributed by atoms with van der Waals surface area (Å²) >= 11 is 6.05. The minimum atomic E-state index is 0.566. The third-order valence-corrected chi connectivity index (χ3v) is 2.83. The number of benzene rings is 1. The maximum atomic E-state index is 6.05. The Morgan fingerprint density at radius 2 is 1.81 bits per heavy atom. The van der Waals surface area contributed by atoms with Gasteiger partial charge >= 0.3 is 0 Å². The predicted molar refractivity (Wildman–Crippen MR) is 72.1 cm³/mol. The summed E-state index contributed by atoms with van der Waals surface area (Å²) in [5.74, 6) is 0. The highest BCUT2D eigenvalue weighted by Crippen LogP contribution is 2.25. The Bertz CT molecular complexity index is 320. The standard InChI is InChI=1S/C13H21ClN2/c1-3-7-16(8-4-2)13-9-12(14)6-5-11(13)10-15/h5-6,9H,3-4,7-8,10,15H2,1-2H3. The third kappa shape index (κ3) is 3.39. The first-order chi connectivity index (χ1) is 7.72. The minimum absolute atomic E-state index is 0.566. The van der Waals surface area contributed by atoms with Gasteiger partial charge in [0.15, 0.2) is 0 Å². The van der Waals surface area contributed by atoms with Gasteiger partial charge < -0.3 is 10.6 Å². The minimum Gasteiger partial charge on any atom is -0.371 e. The monoisotopic (exact) mass is 240 g/mol. The maximum Gasteiger partial charge on any atom is 0.0426 e. The van der Waals surface area contributed by atoms with Crippen LogP contribution in [-0.4, -0.2) is 13.1 Å². The van der Waals surface area contributed by atoms with Gasteiger partial charge in [0.1, 0.15) is 0 Å². The van der Waals surface area contributed by atoms with E-state index in [1.807, 2.05) is 18.2 Å². The molecular weight excluding hydrogens is 220 g/mol. The highest BCUT2D eigenvalue weighted by molar-refractivity contribution is 6.30. The molecule has 0 radical (unpaired) electrons. The van der Waals surface area contributed by atoms with Crippen LogP contribution >= 0.6 is 11.6 Å². The summed E-state index contributed by atoms with van der Waals surface area (Å²) in [7, 11) is 0. The first kappa shape index (κ1) is 13.3. The second-order valence-electron chi connectivity index (χ2n) is 3.96. The van der Waals surface area contributed by atoms with Gasteiger partial charge in [-0.05, 0) is 30.5 Å². The Hall–Kier alpha value is -0.730. The molecule has 0 aromatic heterocycles. The van der Waals surface area contributed by atoms with Crippen molar-refractivity contribution in [2.75, 3.05) is 18.0 Å². The molecule has 0 unspecified atom stereocenters. The molecule has 2 nitrogen and oxygen atoms in total. The van der Waals surface area contributed by atoms with E-state index in [-0.39, 0.29) is 0 Å². The van der Waals surface area contributed by atoms with Crippen LogP contribution in [0.15, 0.2) is 18.2 Å². The van der Waals surface area contributed by atoms with Crippen LogP contribution in [0, 0.1) is 0 Å². The van der Waals surface area contributed by atoms with E-state index < -0.39 is 0 Å². The molecule has 0 aliphatic heterocycles. The number of halogens is 1. The highest BCUT2D eigenvalue weighted by atomic mass is 35.5.